The topological polar surface area (TPSA) is 176 Å². The molecule has 1 aromatic rings. The predicted octanol–water partition coefficient (Wildman–Crippen LogP) is 5.71. The van der Waals surface area contributed by atoms with Crippen LogP contribution in [0.5, 0.6) is 11.5 Å². The Labute approximate surface area is 286 Å². The number of benzene rings is 1. The third-order valence-corrected chi connectivity index (χ3v) is 9.75. The van der Waals surface area contributed by atoms with Crippen molar-refractivity contribution in [2.75, 3.05) is 39.5 Å². The summed E-state index contributed by atoms with van der Waals surface area (Å²) in [5.74, 6) is -1.22. The summed E-state index contributed by atoms with van der Waals surface area (Å²) in [6, 6.07) is 1.18. The van der Waals surface area contributed by atoms with Crippen molar-refractivity contribution in [3.63, 3.8) is 0 Å². The number of anilines is 1. The zero-order chi connectivity index (χ0) is 36.1. The van der Waals surface area contributed by atoms with E-state index < -0.39 is 53.0 Å². The molecule has 0 spiro atoms. The van der Waals surface area contributed by atoms with Crippen LogP contribution in [0.1, 0.15) is 65.9 Å². The minimum absolute atomic E-state index is 0.00850. The van der Waals surface area contributed by atoms with Crippen molar-refractivity contribution in [3.05, 3.63) is 52.7 Å². The Morgan fingerprint density at radius 3 is 2.33 bits per heavy atom. The van der Waals surface area contributed by atoms with Crippen LogP contribution in [0.2, 0.25) is 0 Å². The monoisotopic (exact) mass is 692 g/mol. The second kappa shape index (κ2) is 19.4. The van der Waals surface area contributed by atoms with E-state index in [1.54, 1.807) is 47.1 Å². The molecular weight excluding hydrogens is 640 g/mol. The molecule has 2 amide bonds. The number of hydrogen-bond donors (Lipinski definition) is 4. The fraction of sp³-hybridized carbons (Fsp3) is 0.543. The molecule has 6 atom stereocenters. The van der Waals surface area contributed by atoms with Crippen molar-refractivity contribution >= 4 is 34.2 Å². The first-order valence-corrected chi connectivity index (χ1v) is 17.2. The van der Waals surface area contributed by atoms with Gasteiger partial charge in [-0.15, -0.1) is 0 Å². The third-order valence-electron chi connectivity index (χ3n) is 8.22. The van der Waals surface area contributed by atoms with Gasteiger partial charge in [0, 0.05) is 51.1 Å². The quantitative estimate of drug-likeness (QED) is 0.103. The summed E-state index contributed by atoms with van der Waals surface area (Å²) in [6.45, 7) is 9.07. The van der Waals surface area contributed by atoms with E-state index in [1.165, 1.54) is 26.4 Å². The molecule has 0 aromatic heterocycles. The summed E-state index contributed by atoms with van der Waals surface area (Å²) in [6.07, 6.45) is 5.51. The first kappa shape index (κ1) is 40.5. The van der Waals surface area contributed by atoms with E-state index in [1.807, 2.05) is 19.9 Å². The molecule has 2 bridgehead atoms. The molecule has 0 fully saturated rings. The Morgan fingerprint density at radius 2 is 1.77 bits per heavy atom. The van der Waals surface area contributed by atoms with Crippen LogP contribution in [0, 0.1) is 5.92 Å². The van der Waals surface area contributed by atoms with Gasteiger partial charge in [-0.2, -0.15) is 0 Å². The van der Waals surface area contributed by atoms with Crippen molar-refractivity contribution in [2.45, 2.75) is 89.6 Å². The summed E-state index contributed by atoms with van der Waals surface area (Å²) >= 11 is 0. The number of primary amides is 1. The van der Waals surface area contributed by atoms with Crippen molar-refractivity contribution in [1.82, 2.24) is 0 Å². The van der Waals surface area contributed by atoms with Crippen molar-refractivity contribution in [3.8, 4) is 11.5 Å². The van der Waals surface area contributed by atoms with Crippen LogP contribution in [-0.4, -0.2) is 85.0 Å². The molecule has 1 heterocycles. The molecule has 2 rings (SSSR count). The minimum Gasteiger partial charge on any atom is -0.507 e. The number of phenols is 2. The van der Waals surface area contributed by atoms with Gasteiger partial charge in [0.15, 0.2) is 11.9 Å². The average molecular weight is 693 g/mol. The van der Waals surface area contributed by atoms with E-state index in [9.17, 15) is 24.0 Å². The lowest BCUT2D eigenvalue weighted by Crippen LogP contribution is -2.37. The number of carbonyl (C=O) groups excluding carboxylic acids is 2. The third kappa shape index (κ3) is 10.4. The minimum atomic E-state index is -1.71. The Morgan fingerprint density at radius 1 is 1.08 bits per heavy atom. The molecular formula is C35H52N2O10S. The summed E-state index contributed by atoms with van der Waals surface area (Å²) in [5, 5.41) is 25.5. The highest BCUT2D eigenvalue weighted by Gasteiger charge is 2.32. The van der Waals surface area contributed by atoms with Gasteiger partial charge in [-0.1, -0.05) is 51.0 Å². The number of ether oxygens (including phenoxy) is 5. The van der Waals surface area contributed by atoms with Gasteiger partial charge < -0.3 is 44.9 Å². The molecule has 6 unspecified atom stereocenters. The van der Waals surface area contributed by atoms with Gasteiger partial charge in [-0.3, -0.25) is 9.00 Å². The lowest BCUT2D eigenvalue weighted by Gasteiger charge is -2.31. The van der Waals surface area contributed by atoms with Crippen LogP contribution >= 0.6 is 0 Å². The van der Waals surface area contributed by atoms with Crippen LogP contribution in [0.15, 0.2) is 52.0 Å². The number of nitrogens with one attached hydrogen (secondary N) is 1. The van der Waals surface area contributed by atoms with Gasteiger partial charge in [0.25, 0.3) is 5.91 Å². The Bertz CT molecular complexity index is 1430. The zero-order valence-corrected chi connectivity index (χ0v) is 30.3. The highest BCUT2D eigenvalue weighted by atomic mass is 32.2. The first-order valence-electron chi connectivity index (χ1n) is 15.9. The first-order chi connectivity index (χ1) is 22.7. The van der Waals surface area contributed by atoms with Crippen LogP contribution < -0.4 is 11.1 Å². The van der Waals surface area contributed by atoms with Gasteiger partial charge in [0.05, 0.1) is 46.3 Å². The number of phenolic OH excluding ortho intramolecular Hbond substituents is 2. The molecule has 13 heteroatoms. The van der Waals surface area contributed by atoms with E-state index in [0.29, 0.717) is 17.6 Å². The maximum Gasteiger partial charge on any atom is 0.405 e. The highest BCUT2D eigenvalue weighted by molar-refractivity contribution is 7.85. The molecule has 1 aromatic carbocycles. The molecule has 12 nitrogen and oxygen atoms in total. The number of allylic oxidation sites excluding steroid dienone is 2. The fourth-order valence-electron chi connectivity index (χ4n) is 5.74. The number of nitrogens with two attached hydrogens (primary N) is 1. The van der Waals surface area contributed by atoms with Crippen LogP contribution in [0.4, 0.5) is 10.5 Å². The molecule has 268 valence electrons. The number of amides is 2. The number of unbranched alkanes of at least 4 members (excludes halogenated alkanes) is 2. The van der Waals surface area contributed by atoms with Crippen LogP contribution in [-0.2, 0) is 39.3 Å². The van der Waals surface area contributed by atoms with E-state index >= 15 is 0 Å². The summed E-state index contributed by atoms with van der Waals surface area (Å²) in [5.41, 5.74) is 6.81. The fourth-order valence-corrected chi connectivity index (χ4v) is 7.12. The Hall–Kier alpha value is -3.65. The maximum atomic E-state index is 13.6. The van der Waals surface area contributed by atoms with Gasteiger partial charge in [-0.25, -0.2) is 4.79 Å². The van der Waals surface area contributed by atoms with E-state index in [0.717, 1.165) is 12.8 Å². The van der Waals surface area contributed by atoms with Crippen molar-refractivity contribution in [2.24, 2.45) is 11.7 Å². The van der Waals surface area contributed by atoms with Gasteiger partial charge in [0.1, 0.15) is 17.6 Å². The van der Waals surface area contributed by atoms with Crippen molar-refractivity contribution < 1.29 is 47.7 Å². The van der Waals surface area contributed by atoms with Crippen molar-refractivity contribution in [1.29, 1.82) is 0 Å². The van der Waals surface area contributed by atoms with E-state index in [-0.39, 0.29) is 51.3 Å². The maximum absolute atomic E-state index is 13.6. The molecule has 0 saturated carbocycles. The average Bonchev–Trinajstić information content (AvgIpc) is 3.03. The molecule has 5 N–H and O–H groups in total. The molecule has 48 heavy (non-hydrogen) atoms. The SMILES string of the molecule is CCCCCS(=O)c1c(O)cc2c(O)c1C(OC)=C(C)CC(OC)C(OC)C(C)C=C(C)C(OC(N)=O)C(OC)C=CC=C(C)C(=O)N2. The number of carbonyl (C=O) groups is 2. The number of fused-ring (bicyclic) bond motifs is 2. The Kier molecular flexibility index (Phi) is 16.4. The Balaban J connectivity index is 2.92. The molecule has 0 saturated heterocycles. The number of methoxy groups -OCH3 is 4. The summed E-state index contributed by atoms with van der Waals surface area (Å²) in [4.78, 5) is 25.2. The molecule has 1 aliphatic heterocycles. The van der Waals surface area contributed by atoms with Gasteiger partial charge in [0.2, 0.25) is 0 Å². The molecule has 1 aliphatic rings. The molecule has 0 radical (unpaired) electrons. The van der Waals surface area contributed by atoms with E-state index in [2.05, 4.69) is 5.32 Å². The number of hydrogen-bond acceptors (Lipinski definition) is 10. The molecule has 0 aliphatic carbocycles. The lowest BCUT2D eigenvalue weighted by atomic mass is 9.91. The second-order valence-corrected chi connectivity index (χ2v) is 13.3. The number of aromatic hydroxyl groups is 2. The van der Waals surface area contributed by atoms with Gasteiger partial charge >= 0.3 is 6.09 Å². The normalized spacial score (nSPS) is 23.6. The predicted molar refractivity (Wildman–Crippen MR) is 186 cm³/mol. The van der Waals surface area contributed by atoms with Crippen LogP contribution in [0.3, 0.4) is 0 Å². The number of rotatable bonds is 10. The van der Waals surface area contributed by atoms with E-state index in [4.69, 9.17) is 29.4 Å². The zero-order valence-electron chi connectivity index (χ0n) is 29.5. The standard InChI is InChI=1S/C35H52N2O10S/c1-10-11-12-16-48(42)33-25(38)19-24-29(39)28(33)32(46-9)23(5)18-27(44-7)30(45-8)21(3)17-22(4)31(47-35(36)41)26(43-6)15-13-14-20(2)34(40)37-24/h13-15,17,19,21,26-27,30-31,38-39H,10-12,16,18H2,1-9H3,(H2,36,41)(H,37,40). The second-order valence-electron chi connectivity index (χ2n) is 11.8. The lowest BCUT2D eigenvalue weighted by molar-refractivity contribution is -0.112. The highest BCUT2D eigenvalue weighted by Crippen LogP contribution is 2.44. The van der Waals surface area contributed by atoms with Gasteiger partial charge in [-0.05, 0) is 38.3 Å². The van der Waals surface area contributed by atoms with Crippen LogP contribution in [0.25, 0.3) is 5.76 Å². The smallest absolute Gasteiger partial charge is 0.405 e. The summed E-state index contributed by atoms with van der Waals surface area (Å²) < 4.78 is 42.4. The summed E-state index contributed by atoms with van der Waals surface area (Å²) in [7, 11) is 4.26. The largest absolute Gasteiger partial charge is 0.507 e.